The van der Waals surface area contributed by atoms with Crippen molar-refractivity contribution in [3.63, 3.8) is 0 Å². The van der Waals surface area contributed by atoms with Crippen LogP contribution in [0.25, 0.3) is 6.08 Å². The maximum atomic E-state index is 12.3. The van der Waals surface area contributed by atoms with Gasteiger partial charge in [-0.25, -0.2) is 4.79 Å². The topological polar surface area (TPSA) is 119 Å². The fraction of sp³-hybridized carbons (Fsp3) is 0.346. The minimum absolute atomic E-state index is 0.00988. The Labute approximate surface area is 198 Å². The van der Waals surface area contributed by atoms with Gasteiger partial charge in [0.1, 0.15) is 23.2 Å². The smallest absolute Gasteiger partial charge is 0.343 e. The average molecular weight is 471 g/mol. The highest BCUT2D eigenvalue weighted by molar-refractivity contribution is 5.95. The number of phenolic OH excluding ortho intramolecular Hbond substituents is 1. The first-order chi connectivity index (χ1) is 15.9. The molecule has 0 amide bonds. The van der Waals surface area contributed by atoms with Gasteiger partial charge in [-0.2, -0.15) is 0 Å². The van der Waals surface area contributed by atoms with Crippen LogP contribution in [0.2, 0.25) is 0 Å². The van der Waals surface area contributed by atoms with E-state index < -0.39 is 18.0 Å². The summed E-state index contributed by atoms with van der Waals surface area (Å²) >= 11 is 0. The quantitative estimate of drug-likeness (QED) is 0.347. The summed E-state index contributed by atoms with van der Waals surface area (Å²) < 4.78 is 16.8. The number of carboxylic acid groups (broad SMARTS) is 1. The molecule has 1 atom stereocenters. The number of phenols is 1. The first kappa shape index (κ1) is 26.4. The van der Waals surface area contributed by atoms with E-state index >= 15 is 0 Å². The van der Waals surface area contributed by atoms with E-state index in [1.165, 1.54) is 45.2 Å². The average Bonchev–Trinajstić information content (AvgIpc) is 2.72. The number of methoxy groups -OCH3 is 1. The Morgan fingerprint density at radius 3 is 2.29 bits per heavy atom. The van der Waals surface area contributed by atoms with Crippen molar-refractivity contribution in [1.29, 1.82) is 0 Å². The van der Waals surface area contributed by atoms with E-state index in [0.29, 0.717) is 17.5 Å². The van der Waals surface area contributed by atoms with E-state index in [1.54, 1.807) is 19.1 Å². The molecule has 8 heteroatoms. The van der Waals surface area contributed by atoms with Crippen LogP contribution < -0.4 is 9.47 Å². The number of rotatable bonds is 10. The van der Waals surface area contributed by atoms with Gasteiger partial charge in [0, 0.05) is 18.1 Å². The number of aromatic carboxylic acids is 1. The third-order valence-electron chi connectivity index (χ3n) is 4.86. The molecule has 0 saturated carbocycles. The van der Waals surface area contributed by atoms with E-state index in [0.717, 1.165) is 5.56 Å². The van der Waals surface area contributed by atoms with E-state index in [-0.39, 0.29) is 40.3 Å². The second-order valence-electron chi connectivity index (χ2n) is 8.34. The molecule has 0 spiro atoms. The van der Waals surface area contributed by atoms with Gasteiger partial charge < -0.3 is 24.4 Å². The third-order valence-corrected chi connectivity index (χ3v) is 4.86. The van der Waals surface area contributed by atoms with Crippen molar-refractivity contribution in [1.82, 2.24) is 0 Å². The van der Waals surface area contributed by atoms with Gasteiger partial charge in [0.2, 0.25) is 0 Å². The van der Waals surface area contributed by atoms with E-state index in [9.17, 15) is 24.6 Å². The zero-order valence-electron chi connectivity index (χ0n) is 20.2. The lowest BCUT2D eigenvalue weighted by Gasteiger charge is -2.23. The molecule has 2 rings (SSSR count). The van der Waals surface area contributed by atoms with Crippen LogP contribution in [0.4, 0.5) is 0 Å². The molecule has 0 fully saturated rings. The number of ketones is 1. The van der Waals surface area contributed by atoms with Crippen LogP contribution in [0.15, 0.2) is 30.3 Å². The molecule has 0 aliphatic carbocycles. The first-order valence-corrected chi connectivity index (χ1v) is 10.8. The van der Waals surface area contributed by atoms with Gasteiger partial charge in [0.05, 0.1) is 7.11 Å². The van der Waals surface area contributed by atoms with E-state index in [1.807, 2.05) is 13.8 Å². The molecule has 34 heavy (non-hydrogen) atoms. The van der Waals surface area contributed by atoms with Crippen molar-refractivity contribution >= 4 is 23.8 Å². The molecule has 0 heterocycles. The summed E-state index contributed by atoms with van der Waals surface area (Å²) in [5.74, 6) is -2.22. The summed E-state index contributed by atoms with van der Waals surface area (Å²) in [4.78, 5) is 35.4. The van der Waals surface area contributed by atoms with Crippen LogP contribution in [-0.2, 0) is 14.3 Å². The molecule has 0 saturated heterocycles. The number of carbonyl (C=O) groups excluding carboxylic acids is 2. The minimum Gasteiger partial charge on any atom is -0.504 e. The number of benzene rings is 2. The van der Waals surface area contributed by atoms with Crippen molar-refractivity contribution in [3.8, 4) is 23.0 Å². The van der Waals surface area contributed by atoms with Crippen LogP contribution in [0.1, 0.15) is 67.3 Å². The highest BCUT2D eigenvalue weighted by Gasteiger charge is 2.28. The molecule has 0 bridgehead atoms. The first-order valence-electron chi connectivity index (χ1n) is 10.8. The summed E-state index contributed by atoms with van der Waals surface area (Å²) in [6.07, 6.45) is 2.53. The van der Waals surface area contributed by atoms with Crippen LogP contribution in [0, 0.1) is 12.8 Å². The molecule has 182 valence electrons. The number of allylic oxidation sites excluding steroid dienone is 1. The molecule has 0 aromatic heterocycles. The number of ether oxygens (including phenoxy) is 3. The maximum absolute atomic E-state index is 12.3. The standard InChI is InChI=1S/C26H30O8/c1-14(2)11-22(33-17(5)28)19-9-10-21(23(26(30)31)25(19)32-6)34-24-18(8-7-16(4)27)12-15(3)13-20(24)29/h7-10,12-14,22,29H,11H2,1-6H3,(H,30,31). The molecule has 8 nitrogen and oxygen atoms in total. The van der Waals surface area contributed by atoms with Crippen molar-refractivity contribution in [2.24, 2.45) is 5.92 Å². The van der Waals surface area contributed by atoms with Crippen molar-refractivity contribution in [2.45, 2.75) is 47.1 Å². The largest absolute Gasteiger partial charge is 0.504 e. The number of carboxylic acids is 1. The van der Waals surface area contributed by atoms with Crippen molar-refractivity contribution in [3.05, 3.63) is 52.6 Å². The Hall–Kier alpha value is -3.81. The highest BCUT2D eigenvalue weighted by atomic mass is 16.5. The summed E-state index contributed by atoms with van der Waals surface area (Å²) in [6, 6.07) is 6.16. The zero-order chi connectivity index (χ0) is 25.6. The zero-order valence-corrected chi connectivity index (χ0v) is 20.2. The fourth-order valence-corrected chi connectivity index (χ4v) is 3.54. The van der Waals surface area contributed by atoms with Gasteiger partial charge in [-0.05, 0) is 68.2 Å². The predicted molar refractivity (Wildman–Crippen MR) is 127 cm³/mol. The molecule has 2 aromatic rings. The second-order valence-corrected chi connectivity index (χ2v) is 8.34. The number of hydrogen-bond donors (Lipinski definition) is 2. The number of carbonyl (C=O) groups is 3. The Morgan fingerprint density at radius 1 is 1.09 bits per heavy atom. The minimum atomic E-state index is -1.33. The Kier molecular flexibility index (Phi) is 8.83. The molecule has 0 radical (unpaired) electrons. The summed E-state index contributed by atoms with van der Waals surface area (Å²) in [5.41, 5.74) is 1.21. The molecule has 2 N–H and O–H groups in total. The van der Waals surface area contributed by atoms with Crippen molar-refractivity contribution in [2.75, 3.05) is 7.11 Å². The van der Waals surface area contributed by atoms with Crippen molar-refractivity contribution < 1.29 is 38.8 Å². The van der Waals surface area contributed by atoms with Crippen LogP contribution in [-0.4, -0.2) is 35.0 Å². The van der Waals surface area contributed by atoms with Gasteiger partial charge in [-0.1, -0.05) is 13.8 Å². The molecule has 0 aliphatic heterocycles. The van der Waals surface area contributed by atoms with E-state index in [2.05, 4.69) is 0 Å². The summed E-state index contributed by atoms with van der Waals surface area (Å²) in [6.45, 7) is 8.34. The summed E-state index contributed by atoms with van der Waals surface area (Å²) in [7, 11) is 1.32. The maximum Gasteiger partial charge on any atom is 0.343 e. The lowest BCUT2D eigenvalue weighted by Crippen LogP contribution is -2.14. The van der Waals surface area contributed by atoms with Gasteiger partial charge in [0.15, 0.2) is 17.3 Å². The normalized spacial score (nSPS) is 12.0. The number of aromatic hydroxyl groups is 1. The monoisotopic (exact) mass is 470 g/mol. The van der Waals surface area contributed by atoms with Gasteiger partial charge >= 0.3 is 11.9 Å². The molecule has 2 aromatic carbocycles. The van der Waals surface area contributed by atoms with E-state index in [4.69, 9.17) is 14.2 Å². The molecule has 1 unspecified atom stereocenters. The third kappa shape index (κ3) is 6.60. The molecular formula is C26H30O8. The predicted octanol–water partition coefficient (Wildman–Crippen LogP) is 5.45. The number of esters is 1. The number of aryl methyl sites for hydroxylation is 1. The SMILES string of the molecule is COc1c(C(CC(C)C)OC(C)=O)ccc(Oc2c(O)cc(C)cc2C=CC(C)=O)c1C(=O)O. The Morgan fingerprint density at radius 2 is 1.76 bits per heavy atom. The Balaban J connectivity index is 2.68. The lowest BCUT2D eigenvalue weighted by molar-refractivity contribution is -0.147. The van der Waals surface area contributed by atoms with Crippen LogP contribution in [0.5, 0.6) is 23.0 Å². The summed E-state index contributed by atoms with van der Waals surface area (Å²) in [5, 5.41) is 20.5. The van der Waals surface area contributed by atoms with Gasteiger partial charge in [-0.15, -0.1) is 0 Å². The fourth-order valence-electron chi connectivity index (χ4n) is 3.54. The van der Waals surface area contributed by atoms with Gasteiger partial charge in [0.25, 0.3) is 0 Å². The van der Waals surface area contributed by atoms with Gasteiger partial charge in [-0.3, -0.25) is 9.59 Å². The van der Waals surface area contributed by atoms with Crippen LogP contribution >= 0.6 is 0 Å². The number of hydrogen-bond acceptors (Lipinski definition) is 7. The highest BCUT2D eigenvalue weighted by Crippen LogP contribution is 2.43. The van der Waals surface area contributed by atoms with Crippen LogP contribution in [0.3, 0.4) is 0 Å². The lowest BCUT2D eigenvalue weighted by atomic mass is 9.96. The molecular weight excluding hydrogens is 440 g/mol. The Bertz CT molecular complexity index is 1110. The second kappa shape index (κ2) is 11.4. The molecule has 0 aliphatic rings.